The van der Waals surface area contributed by atoms with Gasteiger partial charge in [0.15, 0.2) is 5.96 Å². The molecule has 0 unspecified atom stereocenters. The van der Waals surface area contributed by atoms with Crippen LogP contribution in [0.15, 0.2) is 4.99 Å². The zero-order chi connectivity index (χ0) is 10.8. The number of hydrogen-bond acceptors (Lipinski definition) is 2. The quantitative estimate of drug-likeness (QED) is 0.469. The topological polar surface area (TPSA) is 50.4 Å². The molecule has 0 atom stereocenters. The number of nitrogens with one attached hydrogen (secondary N) is 1. The van der Waals surface area contributed by atoms with Crippen molar-refractivity contribution in [3.63, 3.8) is 0 Å². The van der Waals surface area contributed by atoms with E-state index in [1.54, 1.807) is 0 Å². The van der Waals surface area contributed by atoms with Crippen molar-refractivity contribution in [2.45, 2.75) is 43.9 Å². The Morgan fingerprint density at radius 1 is 1.47 bits per heavy atom. The average molecular weight is 343 g/mol. The van der Waals surface area contributed by atoms with Crippen LogP contribution in [0.5, 0.6) is 0 Å². The van der Waals surface area contributed by atoms with Crippen molar-refractivity contribution in [1.82, 2.24) is 5.32 Å². The van der Waals surface area contributed by atoms with Crippen LogP contribution in [0.2, 0.25) is 0 Å². The van der Waals surface area contributed by atoms with E-state index >= 15 is 0 Å². The van der Waals surface area contributed by atoms with Gasteiger partial charge >= 0.3 is 0 Å². The zero-order valence-corrected chi connectivity index (χ0v) is 13.1. The second kappa shape index (κ2) is 5.61. The van der Waals surface area contributed by atoms with Crippen molar-refractivity contribution in [1.29, 1.82) is 0 Å². The van der Waals surface area contributed by atoms with E-state index in [9.17, 15) is 0 Å². The molecule has 0 amide bonds. The maximum Gasteiger partial charge on any atom is 0.189 e. The molecule has 0 saturated heterocycles. The van der Waals surface area contributed by atoms with Gasteiger partial charge in [0.05, 0.1) is 6.54 Å². The van der Waals surface area contributed by atoms with Crippen molar-refractivity contribution in [2.24, 2.45) is 10.7 Å². The molecule has 0 spiro atoms. The monoisotopic (exact) mass is 343 g/mol. The normalized spacial score (nSPS) is 19.3. The molecule has 1 aliphatic carbocycles. The second-order valence-corrected chi connectivity index (χ2v) is 6.24. The van der Waals surface area contributed by atoms with Crippen LogP contribution in [0.1, 0.15) is 33.6 Å². The Bertz CT molecular complexity index is 231. The van der Waals surface area contributed by atoms with Crippen LogP contribution in [-0.4, -0.2) is 29.0 Å². The minimum absolute atomic E-state index is 0. The molecule has 0 aliphatic heterocycles. The molecule has 1 aliphatic rings. The third-order valence-corrected chi connectivity index (χ3v) is 3.68. The minimum Gasteiger partial charge on any atom is -0.370 e. The summed E-state index contributed by atoms with van der Waals surface area (Å²) in [6.45, 7) is 7.09. The van der Waals surface area contributed by atoms with Crippen LogP contribution in [0.25, 0.3) is 0 Å². The molecule has 3 N–H and O–H groups in total. The highest BCUT2D eigenvalue weighted by molar-refractivity contribution is 14.0. The number of aliphatic imine (C=N–C) groups is 1. The molecule has 0 bridgehead atoms. The number of hydrogen-bond donors (Lipinski definition) is 2. The van der Waals surface area contributed by atoms with Crippen LogP contribution < -0.4 is 11.1 Å². The predicted molar refractivity (Wildman–Crippen MR) is 80.3 cm³/mol. The predicted octanol–water partition coefficient (Wildman–Crippen LogP) is 2.20. The first-order valence-electron chi connectivity index (χ1n) is 5.00. The fraction of sp³-hybridized carbons (Fsp3) is 0.900. The summed E-state index contributed by atoms with van der Waals surface area (Å²) in [4.78, 5) is 4.38. The SMILES string of the molecule is CSC1(CN=C(N)NC(C)(C)C)CC1.I. The van der Waals surface area contributed by atoms with Crippen molar-refractivity contribution in [2.75, 3.05) is 12.8 Å². The smallest absolute Gasteiger partial charge is 0.189 e. The Labute approximate surface area is 114 Å². The highest BCUT2D eigenvalue weighted by atomic mass is 127. The zero-order valence-electron chi connectivity index (χ0n) is 9.96. The minimum atomic E-state index is 0. The number of halogens is 1. The Hall–Kier alpha value is 0.350. The van der Waals surface area contributed by atoms with E-state index in [1.165, 1.54) is 12.8 Å². The summed E-state index contributed by atoms with van der Waals surface area (Å²) in [5, 5.41) is 3.16. The van der Waals surface area contributed by atoms with E-state index in [-0.39, 0.29) is 29.5 Å². The molecule has 3 nitrogen and oxygen atoms in total. The largest absolute Gasteiger partial charge is 0.370 e. The molecule has 1 fully saturated rings. The average Bonchev–Trinajstić information content (AvgIpc) is 2.78. The van der Waals surface area contributed by atoms with Gasteiger partial charge in [-0.25, -0.2) is 0 Å². The van der Waals surface area contributed by atoms with E-state index in [4.69, 9.17) is 5.73 Å². The van der Waals surface area contributed by atoms with Crippen LogP contribution >= 0.6 is 35.7 Å². The van der Waals surface area contributed by atoms with Crippen molar-refractivity contribution < 1.29 is 0 Å². The van der Waals surface area contributed by atoms with Gasteiger partial charge in [-0.05, 0) is 39.9 Å². The fourth-order valence-electron chi connectivity index (χ4n) is 1.22. The molecule has 0 aromatic heterocycles. The molecule has 1 saturated carbocycles. The molecule has 0 heterocycles. The van der Waals surface area contributed by atoms with Gasteiger partial charge in [0, 0.05) is 10.3 Å². The maximum absolute atomic E-state index is 5.78. The van der Waals surface area contributed by atoms with Crippen molar-refractivity contribution in [3.8, 4) is 0 Å². The summed E-state index contributed by atoms with van der Waals surface area (Å²) in [5.41, 5.74) is 5.78. The van der Waals surface area contributed by atoms with Gasteiger partial charge in [-0.2, -0.15) is 11.8 Å². The third-order valence-electron chi connectivity index (χ3n) is 2.28. The van der Waals surface area contributed by atoms with E-state index in [1.807, 2.05) is 11.8 Å². The number of nitrogens with zero attached hydrogens (tertiary/aromatic N) is 1. The summed E-state index contributed by atoms with van der Waals surface area (Å²) >= 11 is 1.91. The summed E-state index contributed by atoms with van der Waals surface area (Å²) < 4.78 is 0.407. The lowest BCUT2D eigenvalue weighted by molar-refractivity contribution is 0.508. The maximum atomic E-state index is 5.78. The molecule has 1 rings (SSSR count). The first-order chi connectivity index (χ1) is 6.37. The van der Waals surface area contributed by atoms with Crippen LogP contribution in [0.3, 0.4) is 0 Å². The van der Waals surface area contributed by atoms with E-state index in [2.05, 4.69) is 37.3 Å². The van der Waals surface area contributed by atoms with E-state index in [0.29, 0.717) is 10.7 Å². The van der Waals surface area contributed by atoms with Gasteiger partial charge in [0.1, 0.15) is 0 Å². The van der Waals surface area contributed by atoms with Crippen molar-refractivity contribution in [3.05, 3.63) is 0 Å². The van der Waals surface area contributed by atoms with Gasteiger partial charge in [-0.15, -0.1) is 24.0 Å². The molecule has 0 radical (unpaired) electrons. The Kier molecular flexibility index (Phi) is 5.74. The Morgan fingerprint density at radius 3 is 2.33 bits per heavy atom. The molecule has 0 aromatic rings. The number of nitrogens with two attached hydrogens (primary N) is 1. The van der Waals surface area contributed by atoms with E-state index < -0.39 is 0 Å². The highest BCUT2D eigenvalue weighted by Gasteiger charge is 2.41. The lowest BCUT2D eigenvalue weighted by Crippen LogP contribution is -2.45. The Morgan fingerprint density at radius 2 is 2.00 bits per heavy atom. The summed E-state index contributed by atoms with van der Waals surface area (Å²) in [7, 11) is 0. The first kappa shape index (κ1) is 15.3. The highest BCUT2D eigenvalue weighted by Crippen LogP contribution is 2.47. The summed E-state index contributed by atoms with van der Waals surface area (Å²) in [6, 6.07) is 0. The first-order valence-corrected chi connectivity index (χ1v) is 6.23. The lowest BCUT2D eigenvalue weighted by atomic mass is 10.1. The fourth-order valence-corrected chi connectivity index (χ4v) is 1.92. The molecular weight excluding hydrogens is 321 g/mol. The second-order valence-electron chi connectivity index (χ2n) is 4.96. The van der Waals surface area contributed by atoms with Crippen LogP contribution in [0, 0.1) is 0 Å². The van der Waals surface area contributed by atoms with Gasteiger partial charge in [-0.1, -0.05) is 0 Å². The van der Waals surface area contributed by atoms with Gasteiger partial charge in [-0.3, -0.25) is 4.99 Å². The van der Waals surface area contributed by atoms with E-state index in [0.717, 1.165) is 6.54 Å². The lowest BCUT2D eigenvalue weighted by Gasteiger charge is -2.21. The standard InChI is InChI=1S/C10H21N3S.HI/c1-9(2,3)13-8(11)12-7-10(14-4)5-6-10;/h5-7H2,1-4H3,(H3,11,12,13);1H. The number of rotatable bonds is 3. The van der Waals surface area contributed by atoms with Crippen molar-refractivity contribution >= 4 is 41.7 Å². The molecular formula is C10H22IN3S. The Balaban J connectivity index is 0.00000196. The van der Waals surface area contributed by atoms with Gasteiger partial charge in [0.2, 0.25) is 0 Å². The van der Waals surface area contributed by atoms with Gasteiger partial charge in [0.25, 0.3) is 0 Å². The molecule has 15 heavy (non-hydrogen) atoms. The van der Waals surface area contributed by atoms with Gasteiger partial charge < -0.3 is 11.1 Å². The third kappa shape index (κ3) is 5.85. The van der Waals surface area contributed by atoms with Crippen LogP contribution in [0.4, 0.5) is 0 Å². The van der Waals surface area contributed by atoms with Crippen LogP contribution in [-0.2, 0) is 0 Å². The number of thioether (sulfide) groups is 1. The molecule has 0 aromatic carbocycles. The summed E-state index contributed by atoms with van der Waals surface area (Å²) in [6.07, 6.45) is 4.71. The molecule has 5 heteroatoms. The number of guanidine groups is 1. The molecule has 90 valence electrons. The summed E-state index contributed by atoms with van der Waals surface area (Å²) in [5.74, 6) is 0.567.